The number of anilines is 2. The van der Waals surface area contributed by atoms with Crippen molar-refractivity contribution < 1.29 is 14.4 Å². The van der Waals surface area contributed by atoms with Crippen molar-refractivity contribution in [1.82, 2.24) is 15.5 Å². The quantitative estimate of drug-likeness (QED) is 0.285. The summed E-state index contributed by atoms with van der Waals surface area (Å²) in [6, 6.07) is 23.6. The number of aromatic amines is 1. The lowest BCUT2D eigenvalue weighted by atomic mass is 10.0. The molecule has 0 spiro atoms. The number of likely N-dealkylation sites (N-methyl/N-ethyl adjacent to an activating group) is 1. The maximum Gasteiger partial charge on any atom is 0.272 e. The number of benzene rings is 3. The van der Waals surface area contributed by atoms with Crippen molar-refractivity contribution in [2.75, 3.05) is 16.8 Å². The van der Waals surface area contributed by atoms with Crippen molar-refractivity contribution in [1.29, 1.82) is 0 Å². The predicted molar refractivity (Wildman–Crippen MR) is 153 cm³/mol. The van der Waals surface area contributed by atoms with E-state index in [1.165, 1.54) is 0 Å². The van der Waals surface area contributed by atoms with E-state index in [1.54, 1.807) is 29.2 Å². The van der Waals surface area contributed by atoms with Crippen LogP contribution in [0.5, 0.6) is 0 Å². The second-order valence-corrected chi connectivity index (χ2v) is 9.71. The molecule has 1 atom stereocenters. The summed E-state index contributed by atoms with van der Waals surface area (Å²) >= 11 is 9.45. The standard InChI is InChI=1S/C28H22BrClN6O3/c1-2-36-20-15-9-7-13-18(20)22(16-10-4-3-5-11-16)31-25(28(36)39)33-27(38)23-21(29)24(35-34-23)32-26(37)17-12-6-8-14-19(17)30/h3-15,25H,2H2,1H3,(H,33,38)(H2,32,34,35,37). The molecule has 4 aromatic rings. The summed E-state index contributed by atoms with van der Waals surface area (Å²) in [5, 5.41) is 12.3. The van der Waals surface area contributed by atoms with Crippen LogP contribution in [0.3, 0.4) is 0 Å². The number of H-pyrrole nitrogens is 1. The third-order valence-electron chi connectivity index (χ3n) is 6.12. The first-order chi connectivity index (χ1) is 18.9. The van der Waals surface area contributed by atoms with Crippen molar-refractivity contribution in [2.24, 2.45) is 4.99 Å². The highest BCUT2D eigenvalue weighted by Gasteiger charge is 2.33. The number of hydrogen-bond donors (Lipinski definition) is 3. The number of halogens is 2. The molecule has 0 saturated carbocycles. The molecule has 0 aliphatic carbocycles. The molecule has 196 valence electrons. The van der Waals surface area contributed by atoms with Gasteiger partial charge >= 0.3 is 0 Å². The number of aromatic nitrogens is 2. The lowest BCUT2D eigenvalue weighted by Gasteiger charge is -2.23. The minimum absolute atomic E-state index is 0.0125. The lowest BCUT2D eigenvalue weighted by Crippen LogP contribution is -2.47. The molecule has 1 aliphatic rings. The summed E-state index contributed by atoms with van der Waals surface area (Å²) < 4.78 is 0.212. The zero-order chi connectivity index (χ0) is 27.5. The monoisotopic (exact) mass is 604 g/mol. The van der Waals surface area contributed by atoms with Crippen molar-refractivity contribution in [2.45, 2.75) is 13.1 Å². The van der Waals surface area contributed by atoms with Crippen LogP contribution in [0.1, 0.15) is 38.9 Å². The van der Waals surface area contributed by atoms with Gasteiger partial charge in [0, 0.05) is 17.7 Å². The Morgan fingerprint density at radius 1 is 1.00 bits per heavy atom. The van der Waals surface area contributed by atoms with Crippen molar-refractivity contribution in [3.63, 3.8) is 0 Å². The normalized spacial score (nSPS) is 14.7. The Hall–Kier alpha value is -4.28. The van der Waals surface area contributed by atoms with Gasteiger partial charge in [0.05, 0.1) is 26.5 Å². The van der Waals surface area contributed by atoms with Crippen LogP contribution in [0.15, 0.2) is 88.3 Å². The van der Waals surface area contributed by atoms with Crippen molar-refractivity contribution in [3.05, 3.63) is 111 Å². The Balaban J connectivity index is 1.45. The number of hydrogen-bond acceptors (Lipinski definition) is 5. The molecule has 0 radical (unpaired) electrons. The molecular weight excluding hydrogens is 584 g/mol. The minimum Gasteiger partial charge on any atom is -0.321 e. The van der Waals surface area contributed by atoms with Gasteiger partial charge in [-0.05, 0) is 41.1 Å². The zero-order valence-corrected chi connectivity index (χ0v) is 23.0. The lowest BCUT2D eigenvalue weighted by molar-refractivity contribution is -0.120. The summed E-state index contributed by atoms with van der Waals surface area (Å²) in [7, 11) is 0. The molecule has 3 aromatic carbocycles. The van der Waals surface area contributed by atoms with Crippen LogP contribution in [-0.2, 0) is 4.79 Å². The molecule has 1 aliphatic heterocycles. The predicted octanol–water partition coefficient (Wildman–Crippen LogP) is 5.04. The highest BCUT2D eigenvalue weighted by atomic mass is 79.9. The average Bonchev–Trinajstić information content (AvgIpc) is 3.26. The third-order valence-corrected chi connectivity index (χ3v) is 7.23. The molecule has 39 heavy (non-hydrogen) atoms. The number of nitrogens with one attached hydrogen (secondary N) is 3. The van der Waals surface area contributed by atoms with Crippen LogP contribution in [-0.4, -0.2) is 46.3 Å². The Morgan fingerprint density at radius 3 is 2.44 bits per heavy atom. The van der Waals surface area contributed by atoms with E-state index in [0.29, 0.717) is 17.9 Å². The Morgan fingerprint density at radius 2 is 1.69 bits per heavy atom. The first-order valence-corrected chi connectivity index (χ1v) is 13.2. The van der Waals surface area contributed by atoms with Gasteiger partial charge in [-0.25, -0.2) is 4.99 Å². The van der Waals surface area contributed by atoms with Crippen molar-refractivity contribution in [3.8, 4) is 0 Å². The fraction of sp³-hybridized carbons (Fsp3) is 0.107. The molecule has 5 rings (SSSR count). The third kappa shape index (κ3) is 5.21. The van der Waals surface area contributed by atoms with E-state index in [2.05, 4.69) is 36.8 Å². The van der Waals surface area contributed by atoms with Gasteiger partial charge in [-0.1, -0.05) is 72.3 Å². The van der Waals surface area contributed by atoms with Crippen LogP contribution >= 0.6 is 27.5 Å². The van der Waals surface area contributed by atoms with E-state index < -0.39 is 18.0 Å². The first-order valence-electron chi connectivity index (χ1n) is 12.0. The number of fused-ring (bicyclic) bond motifs is 1. The fourth-order valence-electron chi connectivity index (χ4n) is 4.25. The van der Waals surface area contributed by atoms with Gasteiger partial charge < -0.3 is 15.5 Å². The summed E-state index contributed by atoms with van der Waals surface area (Å²) in [6.07, 6.45) is -1.21. The molecule has 3 N–H and O–H groups in total. The Labute approximate surface area is 237 Å². The highest BCUT2D eigenvalue weighted by Crippen LogP contribution is 2.29. The van der Waals surface area contributed by atoms with Gasteiger partial charge in [-0.15, -0.1) is 0 Å². The molecule has 2 heterocycles. The number of carbonyl (C=O) groups is 3. The van der Waals surface area contributed by atoms with Gasteiger partial charge in [0.15, 0.2) is 5.82 Å². The number of para-hydroxylation sites is 1. The van der Waals surface area contributed by atoms with Gasteiger partial charge in [-0.3, -0.25) is 19.5 Å². The zero-order valence-electron chi connectivity index (χ0n) is 20.6. The largest absolute Gasteiger partial charge is 0.321 e. The smallest absolute Gasteiger partial charge is 0.272 e. The number of benzodiazepines with no additional fused rings is 1. The Kier molecular flexibility index (Phi) is 7.58. The van der Waals surface area contributed by atoms with Crippen LogP contribution in [0.25, 0.3) is 0 Å². The van der Waals surface area contributed by atoms with E-state index in [1.807, 2.05) is 61.5 Å². The van der Waals surface area contributed by atoms with E-state index in [0.717, 1.165) is 11.1 Å². The second-order valence-electron chi connectivity index (χ2n) is 8.51. The minimum atomic E-state index is -1.21. The SMILES string of the molecule is CCN1C(=O)C(NC(=O)c2[nH]nc(NC(=O)c3ccccc3Cl)c2Br)N=C(c2ccccc2)c2ccccc21. The van der Waals surface area contributed by atoms with Gasteiger partial charge in [0.2, 0.25) is 6.17 Å². The molecular formula is C28H22BrClN6O3. The number of nitrogens with zero attached hydrogens (tertiary/aromatic N) is 3. The fourth-order valence-corrected chi connectivity index (χ4v) is 4.93. The van der Waals surface area contributed by atoms with Crippen molar-refractivity contribution >= 4 is 62.5 Å². The molecule has 3 amide bonds. The maximum atomic E-state index is 13.6. The molecule has 1 aromatic heterocycles. The van der Waals surface area contributed by atoms with Crippen LogP contribution < -0.4 is 15.5 Å². The van der Waals surface area contributed by atoms with Crippen LogP contribution in [0.2, 0.25) is 5.02 Å². The summed E-state index contributed by atoms with van der Waals surface area (Å²) in [5.41, 5.74) is 3.14. The first kappa shape index (κ1) is 26.3. The highest BCUT2D eigenvalue weighted by molar-refractivity contribution is 9.10. The molecule has 0 fully saturated rings. The summed E-state index contributed by atoms with van der Waals surface area (Å²) in [5.74, 6) is -1.42. The molecule has 9 nitrogen and oxygen atoms in total. The number of carbonyl (C=O) groups excluding carboxylic acids is 3. The van der Waals surface area contributed by atoms with E-state index in [-0.39, 0.29) is 32.5 Å². The maximum absolute atomic E-state index is 13.6. The van der Waals surface area contributed by atoms with Gasteiger partial charge in [0.25, 0.3) is 17.7 Å². The number of amides is 3. The molecule has 11 heteroatoms. The summed E-state index contributed by atoms with van der Waals surface area (Å²) in [6.45, 7) is 2.24. The molecule has 0 saturated heterocycles. The number of aliphatic imine (C=N–C) groups is 1. The molecule has 0 bridgehead atoms. The van der Waals surface area contributed by atoms with Crippen LogP contribution in [0, 0.1) is 0 Å². The Bertz CT molecular complexity index is 1600. The number of rotatable bonds is 6. The topological polar surface area (TPSA) is 120 Å². The van der Waals surface area contributed by atoms with E-state index in [4.69, 9.17) is 16.6 Å². The van der Waals surface area contributed by atoms with Gasteiger partial charge in [0.1, 0.15) is 5.69 Å². The average molecular weight is 606 g/mol. The van der Waals surface area contributed by atoms with E-state index >= 15 is 0 Å². The van der Waals surface area contributed by atoms with E-state index in [9.17, 15) is 14.4 Å². The van der Waals surface area contributed by atoms with Crippen LogP contribution in [0.4, 0.5) is 11.5 Å². The molecule has 1 unspecified atom stereocenters. The van der Waals surface area contributed by atoms with Gasteiger partial charge in [-0.2, -0.15) is 5.10 Å². The second kappa shape index (κ2) is 11.2. The summed E-state index contributed by atoms with van der Waals surface area (Å²) in [4.78, 5) is 45.9.